The molecule has 0 saturated carbocycles. The van der Waals surface area contributed by atoms with E-state index in [1.807, 2.05) is 0 Å². The summed E-state index contributed by atoms with van der Waals surface area (Å²) in [5.41, 5.74) is 10.8. The molecule has 11 aromatic rings. The first-order valence-corrected chi connectivity index (χ1v) is 19.7. The molecule has 0 amide bonds. The van der Waals surface area contributed by atoms with Gasteiger partial charge in [0, 0.05) is 16.5 Å². The molecule has 57 heavy (non-hydrogen) atoms. The van der Waals surface area contributed by atoms with Gasteiger partial charge in [-0.25, -0.2) is 0 Å². The molecule has 0 aliphatic heterocycles. The fourth-order valence-corrected chi connectivity index (χ4v) is 9.01. The highest BCUT2D eigenvalue weighted by Gasteiger charge is 2.21. The fourth-order valence-electron chi connectivity index (χ4n) is 9.01. The lowest BCUT2D eigenvalue weighted by atomic mass is 9.84. The van der Waals surface area contributed by atoms with Gasteiger partial charge in [-0.1, -0.05) is 194 Å². The van der Waals surface area contributed by atoms with Crippen molar-refractivity contribution in [1.29, 1.82) is 0 Å². The Balaban J connectivity index is 1.12. The van der Waals surface area contributed by atoms with Crippen LogP contribution in [0.25, 0.3) is 87.2 Å². The third-order valence-electron chi connectivity index (χ3n) is 11.6. The van der Waals surface area contributed by atoms with E-state index in [-0.39, 0.29) is 0 Å². The SMILES string of the molecule is c1ccc(-c2c(-c3ccccc3)c3cc(-c4ccc(N(c5cccc6ccccc56)c5cc6ccccc6c6ccccc56)cc4)ccc3c3ccccc23)cc1. The predicted molar refractivity (Wildman–Crippen MR) is 245 cm³/mol. The summed E-state index contributed by atoms with van der Waals surface area (Å²) >= 11 is 0. The number of hydrogen-bond acceptors (Lipinski definition) is 1. The Morgan fingerprint density at radius 3 is 1.42 bits per heavy atom. The summed E-state index contributed by atoms with van der Waals surface area (Å²) in [6, 6.07) is 82.0. The molecule has 1 heteroatoms. The van der Waals surface area contributed by atoms with Crippen LogP contribution >= 0.6 is 0 Å². The maximum atomic E-state index is 2.45. The zero-order valence-electron chi connectivity index (χ0n) is 31.3. The summed E-state index contributed by atoms with van der Waals surface area (Å²) in [5.74, 6) is 0. The standard InChI is InChI=1S/C56H37N/c1-3-17-40(18-4-1)55-51-28-14-12-26-48(51)49-35-32-42(36-52(49)56(55)41-19-5-2-6-20-41)38-30-33-44(34-31-38)57(53-29-15-22-39-16-7-10-24-46(39)53)54-37-43-21-8-9-23-45(43)47-25-11-13-27-50(47)54/h1-37H. The molecule has 0 fully saturated rings. The zero-order chi connectivity index (χ0) is 37.7. The highest BCUT2D eigenvalue weighted by atomic mass is 15.1. The molecule has 0 N–H and O–H groups in total. The van der Waals surface area contributed by atoms with E-state index in [9.17, 15) is 0 Å². The van der Waals surface area contributed by atoms with Crippen molar-refractivity contribution >= 4 is 70.9 Å². The summed E-state index contributed by atoms with van der Waals surface area (Å²) in [6.45, 7) is 0. The molecule has 0 aromatic heterocycles. The van der Waals surface area contributed by atoms with Crippen molar-refractivity contribution in [3.63, 3.8) is 0 Å². The van der Waals surface area contributed by atoms with Gasteiger partial charge in [-0.05, 0) is 107 Å². The second-order valence-corrected chi connectivity index (χ2v) is 14.8. The summed E-state index contributed by atoms with van der Waals surface area (Å²) in [5, 5.41) is 12.4. The normalized spacial score (nSPS) is 11.5. The molecule has 11 rings (SSSR count). The van der Waals surface area contributed by atoms with Crippen LogP contribution in [-0.2, 0) is 0 Å². The van der Waals surface area contributed by atoms with Crippen LogP contribution in [0.3, 0.4) is 0 Å². The summed E-state index contributed by atoms with van der Waals surface area (Å²) in [7, 11) is 0. The highest BCUT2D eigenvalue weighted by Crippen LogP contribution is 2.47. The van der Waals surface area contributed by atoms with Gasteiger partial charge in [0.2, 0.25) is 0 Å². The maximum absolute atomic E-state index is 2.45. The third kappa shape index (κ3) is 5.55. The van der Waals surface area contributed by atoms with E-state index in [4.69, 9.17) is 0 Å². The molecule has 1 nitrogen and oxygen atoms in total. The van der Waals surface area contributed by atoms with Crippen LogP contribution in [0.1, 0.15) is 0 Å². The van der Waals surface area contributed by atoms with E-state index in [1.54, 1.807) is 0 Å². The molecule has 0 bridgehead atoms. The van der Waals surface area contributed by atoms with Gasteiger partial charge in [0.15, 0.2) is 0 Å². The van der Waals surface area contributed by atoms with Gasteiger partial charge in [0.25, 0.3) is 0 Å². The van der Waals surface area contributed by atoms with Crippen LogP contribution in [0.2, 0.25) is 0 Å². The van der Waals surface area contributed by atoms with Crippen molar-refractivity contribution in [2.24, 2.45) is 0 Å². The van der Waals surface area contributed by atoms with E-state index >= 15 is 0 Å². The number of hydrogen-bond donors (Lipinski definition) is 0. The van der Waals surface area contributed by atoms with Crippen LogP contribution < -0.4 is 4.90 Å². The van der Waals surface area contributed by atoms with Gasteiger partial charge in [-0.15, -0.1) is 0 Å². The fraction of sp³-hybridized carbons (Fsp3) is 0. The Bertz CT molecular complexity index is 3270. The first kappa shape index (κ1) is 32.9. The Kier molecular flexibility index (Phi) is 7.89. The van der Waals surface area contributed by atoms with Crippen molar-refractivity contribution in [1.82, 2.24) is 0 Å². The van der Waals surface area contributed by atoms with Crippen molar-refractivity contribution in [3.8, 4) is 33.4 Å². The topological polar surface area (TPSA) is 3.24 Å². The molecular formula is C56H37N. The summed E-state index contributed by atoms with van der Waals surface area (Å²) < 4.78 is 0. The van der Waals surface area contributed by atoms with Crippen molar-refractivity contribution in [3.05, 3.63) is 224 Å². The van der Waals surface area contributed by atoms with Crippen LogP contribution in [-0.4, -0.2) is 0 Å². The third-order valence-corrected chi connectivity index (χ3v) is 11.6. The van der Waals surface area contributed by atoms with Gasteiger partial charge in [-0.2, -0.15) is 0 Å². The number of nitrogens with zero attached hydrogens (tertiary/aromatic N) is 1. The second kappa shape index (κ2) is 13.7. The Labute approximate surface area is 332 Å². The smallest absolute Gasteiger partial charge is 0.0546 e. The molecule has 0 saturated heterocycles. The molecule has 0 heterocycles. The molecule has 0 radical (unpaired) electrons. The molecular weight excluding hydrogens is 687 g/mol. The molecule has 0 spiro atoms. The van der Waals surface area contributed by atoms with Crippen molar-refractivity contribution in [2.45, 2.75) is 0 Å². The van der Waals surface area contributed by atoms with E-state index in [0.717, 1.165) is 17.1 Å². The summed E-state index contributed by atoms with van der Waals surface area (Å²) in [4.78, 5) is 2.45. The lowest BCUT2D eigenvalue weighted by Gasteiger charge is -2.29. The van der Waals surface area contributed by atoms with Crippen molar-refractivity contribution in [2.75, 3.05) is 4.90 Å². The van der Waals surface area contributed by atoms with Crippen molar-refractivity contribution < 1.29 is 0 Å². The van der Waals surface area contributed by atoms with Gasteiger partial charge in [-0.3, -0.25) is 0 Å². The molecule has 0 atom stereocenters. The highest BCUT2D eigenvalue weighted by molar-refractivity contribution is 6.22. The Morgan fingerprint density at radius 1 is 0.228 bits per heavy atom. The lowest BCUT2D eigenvalue weighted by Crippen LogP contribution is -2.11. The zero-order valence-corrected chi connectivity index (χ0v) is 31.3. The maximum Gasteiger partial charge on any atom is 0.0546 e. The van der Waals surface area contributed by atoms with Crippen LogP contribution in [0.15, 0.2) is 224 Å². The molecule has 0 aliphatic carbocycles. The van der Waals surface area contributed by atoms with Gasteiger partial charge >= 0.3 is 0 Å². The van der Waals surface area contributed by atoms with Crippen LogP contribution in [0.4, 0.5) is 17.1 Å². The molecule has 0 aliphatic rings. The largest absolute Gasteiger partial charge is 0.309 e. The second-order valence-electron chi connectivity index (χ2n) is 14.8. The van der Waals surface area contributed by atoms with E-state index < -0.39 is 0 Å². The van der Waals surface area contributed by atoms with E-state index in [2.05, 4.69) is 229 Å². The first-order chi connectivity index (χ1) is 28.3. The average Bonchev–Trinajstić information content (AvgIpc) is 3.29. The first-order valence-electron chi connectivity index (χ1n) is 19.7. The lowest BCUT2D eigenvalue weighted by molar-refractivity contribution is 1.32. The monoisotopic (exact) mass is 723 g/mol. The quantitative estimate of drug-likeness (QED) is 0.154. The predicted octanol–water partition coefficient (Wildman–Crippen LogP) is 15.9. The minimum atomic E-state index is 1.11. The molecule has 11 aromatic carbocycles. The number of benzene rings is 11. The Hall–Kier alpha value is -7.48. The van der Waals surface area contributed by atoms with Gasteiger partial charge in [0.05, 0.1) is 11.4 Å². The molecule has 0 unspecified atom stereocenters. The van der Waals surface area contributed by atoms with Crippen LogP contribution in [0, 0.1) is 0 Å². The molecule has 266 valence electrons. The summed E-state index contributed by atoms with van der Waals surface area (Å²) in [6.07, 6.45) is 0. The van der Waals surface area contributed by atoms with Crippen LogP contribution in [0.5, 0.6) is 0 Å². The number of rotatable bonds is 6. The minimum Gasteiger partial charge on any atom is -0.309 e. The average molecular weight is 724 g/mol. The number of anilines is 3. The minimum absolute atomic E-state index is 1.11. The van der Waals surface area contributed by atoms with Gasteiger partial charge in [0.1, 0.15) is 0 Å². The Morgan fingerprint density at radius 2 is 0.719 bits per heavy atom. The van der Waals surface area contributed by atoms with Gasteiger partial charge < -0.3 is 4.90 Å². The number of fused-ring (bicyclic) bond motifs is 7. The van der Waals surface area contributed by atoms with E-state index in [1.165, 1.54) is 87.2 Å². The van der Waals surface area contributed by atoms with E-state index in [0.29, 0.717) is 0 Å².